The van der Waals surface area contributed by atoms with Crippen LogP contribution >= 0.6 is 0 Å². The molecule has 0 saturated heterocycles. The second-order valence-corrected chi connectivity index (χ2v) is 5.42. The molecule has 0 bridgehead atoms. The van der Waals surface area contributed by atoms with Crippen LogP contribution in [0, 0.1) is 5.41 Å². The van der Waals surface area contributed by atoms with Crippen molar-refractivity contribution in [1.29, 1.82) is 0 Å². The van der Waals surface area contributed by atoms with Crippen LogP contribution in [-0.2, 0) is 14.3 Å². The number of esters is 1. The van der Waals surface area contributed by atoms with E-state index >= 15 is 0 Å². The van der Waals surface area contributed by atoms with Gasteiger partial charge >= 0.3 is 5.97 Å². The minimum atomic E-state index is -0.602. The van der Waals surface area contributed by atoms with Crippen LogP contribution in [0.15, 0.2) is 12.7 Å². The van der Waals surface area contributed by atoms with E-state index in [9.17, 15) is 9.59 Å². The predicted molar refractivity (Wildman–Crippen MR) is 72.1 cm³/mol. The number of carbonyl (C=O) groups excluding carboxylic acids is 2. The van der Waals surface area contributed by atoms with Gasteiger partial charge in [-0.15, -0.1) is 6.58 Å². The number of rotatable bonds is 7. The van der Waals surface area contributed by atoms with Crippen LogP contribution in [0.25, 0.3) is 0 Å². The molecular formula is C14H25NO3. The van der Waals surface area contributed by atoms with E-state index in [4.69, 9.17) is 4.74 Å². The molecule has 1 atom stereocenters. The molecule has 0 unspecified atom stereocenters. The van der Waals surface area contributed by atoms with E-state index in [1.165, 1.54) is 7.11 Å². The zero-order valence-electron chi connectivity index (χ0n) is 11.9. The Bertz CT molecular complexity index is 292. The second-order valence-electron chi connectivity index (χ2n) is 5.42. The van der Waals surface area contributed by atoms with Gasteiger partial charge in [0, 0.05) is 6.42 Å². The van der Waals surface area contributed by atoms with Gasteiger partial charge in [0.25, 0.3) is 0 Å². The molecule has 18 heavy (non-hydrogen) atoms. The molecule has 0 aromatic carbocycles. The minimum Gasteiger partial charge on any atom is -0.467 e. The number of allylic oxidation sites excluding steroid dienone is 1. The SMILES string of the molecule is C=CCCCCC(=O)N[C@H](C(=O)OC)C(C)(C)C. The Morgan fingerprint density at radius 3 is 2.39 bits per heavy atom. The van der Waals surface area contributed by atoms with Crippen LogP contribution in [0.1, 0.15) is 46.5 Å². The van der Waals surface area contributed by atoms with Gasteiger partial charge in [-0.1, -0.05) is 26.8 Å². The van der Waals surface area contributed by atoms with Crippen molar-refractivity contribution in [3.63, 3.8) is 0 Å². The van der Waals surface area contributed by atoms with E-state index in [2.05, 4.69) is 11.9 Å². The van der Waals surface area contributed by atoms with Crippen molar-refractivity contribution >= 4 is 11.9 Å². The minimum absolute atomic E-state index is 0.107. The maximum absolute atomic E-state index is 11.7. The van der Waals surface area contributed by atoms with Crippen molar-refractivity contribution in [3.05, 3.63) is 12.7 Å². The van der Waals surface area contributed by atoms with E-state index < -0.39 is 12.0 Å². The van der Waals surface area contributed by atoms with Gasteiger partial charge in [-0.3, -0.25) is 4.79 Å². The average Bonchev–Trinajstić information content (AvgIpc) is 2.29. The summed E-state index contributed by atoms with van der Waals surface area (Å²) < 4.78 is 4.72. The summed E-state index contributed by atoms with van der Waals surface area (Å²) in [6.07, 6.45) is 4.92. The molecule has 0 aliphatic rings. The van der Waals surface area contributed by atoms with E-state index in [1.807, 2.05) is 26.8 Å². The Morgan fingerprint density at radius 2 is 1.94 bits per heavy atom. The van der Waals surface area contributed by atoms with Gasteiger partial charge in [-0.05, 0) is 24.7 Å². The Balaban J connectivity index is 4.28. The molecule has 1 amide bonds. The fraction of sp³-hybridized carbons (Fsp3) is 0.714. The number of hydrogen-bond donors (Lipinski definition) is 1. The maximum Gasteiger partial charge on any atom is 0.328 e. The first-order valence-corrected chi connectivity index (χ1v) is 6.31. The smallest absolute Gasteiger partial charge is 0.328 e. The average molecular weight is 255 g/mol. The topological polar surface area (TPSA) is 55.4 Å². The number of unbranched alkanes of at least 4 members (excludes halogenated alkanes) is 2. The van der Waals surface area contributed by atoms with Crippen molar-refractivity contribution < 1.29 is 14.3 Å². The number of hydrogen-bond acceptors (Lipinski definition) is 3. The molecule has 0 heterocycles. The Kier molecular flexibility index (Phi) is 7.32. The highest BCUT2D eigenvalue weighted by molar-refractivity contribution is 5.84. The number of ether oxygens (including phenoxy) is 1. The van der Waals surface area contributed by atoms with Gasteiger partial charge in [0.15, 0.2) is 0 Å². The van der Waals surface area contributed by atoms with Crippen LogP contribution in [0.4, 0.5) is 0 Å². The van der Waals surface area contributed by atoms with Crippen molar-refractivity contribution in [3.8, 4) is 0 Å². The van der Waals surface area contributed by atoms with E-state index in [0.717, 1.165) is 19.3 Å². The third-order valence-corrected chi connectivity index (χ3v) is 2.67. The summed E-state index contributed by atoms with van der Waals surface area (Å²) in [5.41, 5.74) is -0.357. The molecule has 104 valence electrons. The molecule has 0 aromatic heterocycles. The Morgan fingerprint density at radius 1 is 1.33 bits per heavy atom. The second kappa shape index (κ2) is 7.90. The highest BCUT2D eigenvalue weighted by Gasteiger charge is 2.33. The molecule has 0 aliphatic heterocycles. The molecule has 0 rings (SSSR count). The molecular weight excluding hydrogens is 230 g/mol. The largest absolute Gasteiger partial charge is 0.467 e. The maximum atomic E-state index is 11.7. The van der Waals surface area contributed by atoms with Crippen molar-refractivity contribution in [2.24, 2.45) is 5.41 Å². The Labute approximate surface area is 110 Å². The highest BCUT2D eigenvalue weighted by atomic mass is 16.5. The van der Waals surface area contributed by atoms with Gasteiger partial charge in [0.2, 0.25) is 5.91 Å². The van der Waals surface area contributed by atoms with Crippen molar-refractivity contribution in [2.75, 3.05) is 7.11 Å². The molecule has 0 aliphatic carbocycles. The highest BCUT2D eigenvalue weighted by Crippen LogP contribution is 2.20. The first kappa shape index (κ1) is 16.7. The third kappa shape index (κ3) is 6.42. The summed E-state index contributed by atoms with van der Waals surface area (Å²) in [5.74, 6) is -0.508. The van der Waals surface area contributed by atoms with Gasteiger partial charge in [-0.25, -0.2) is 4.79 Å². The normalized spacial score (nSPS) is 12.7. The number of nitrogens with one attached hydrogen (secondary N) is 1. The molecule has 0 spiro atoms. The zero-order chi connectivity index (χ0) is 14.2. The lowest BCUT2D eigenvalue weighted by molar-refractivity contribution is -0.148. The molecule has 4 nitrogen and oxygen atoms in total. The molecule has 4 heteroatoms. The van der Waals surface area contributed by atoms with Crippen LogP contribution in [0.2, 0.25) is 0 Å². The van der Waals surface area contributed by atoms with Gasteiger partial charge < -0.3 is 10.1 Å². The standard InChI is InChI=1S/C14H25NO3/c1-6-7-8-9-10-11(16)15-12(13(17)18-5)14(2,3)4/h6,12H,1,7-10H2,2-5H3,(H,15,16)/t12-/m1/s1. The summed E-state index contributed by atoms with van der Waals surface area (Å²) in [5, 5.41) is 2.75. The summed E-state index contributed by atoms with van der Waals surface area (Å²) >= 11 is 0. The summed E-state index contributed by atoms with van der Waals surface area (Å²) in [6, 6.07) is -0.602. The molecule has 0 radical (unpaired) electrons. The van der Waals surface area contributed by atoms with Crippen molar-refractivity contribution in [1.82, 2.24) is 5.32 Å². The zero-order valence-corrected chi connectivity index (χ0v) is 11.9. The molecule has 0 aromatic rings. The molecule has 0 saturated carbocycles. The van der Waals surface area contributed by atoms with Crippen LogP contribution in [-0.4, -0.2) is 25.0 Å². The summed E-state index contributed by atoms with van der Waals surface area (Å²) in [7, 11) is 1.33. The van der Waals surface area contributed by atoms with E-state index in [-0.39, 0.29) is 11.3 Å². The van der Waals surface area contributed by atoms with E-state index in [1.54, 1.807) is 0 Å². The van der Waals surface area contributed by atoms with Crippen LogP contribution < -0.4 is 5.32 Å². The lowest BCUT2D eigenvalue weighted by Crippen LogP contribution is -2.49. The number of amides is 1. The molecule has 0 fully saturated rings. The van der Waals surface area contributed by atoms with Gasteiger partial charge in [0.05, 0.1) is 7.11 Å². The van der Waals surface area contributed by atoms with Gasteiger partial charge in [0.1, 0.15) is 6.04 Å². The predicted octanol–water partition coefficient (Wildman–Crippen LogP) is 2.44. The fourth-order valence-corrected chi connectivity index (χ4v) is 1.55. The lowest BCUT2D eigenvalue weighted by Gasteiger charge is -2.29. The first-order chi connectivity index (χ1) is 8.32. The van der Waals surface area contributed by atoms with E-state index in [0.29, 0.717) is 6.42 Å². The summed E-state index contributed by atoms with van der Waals surface area (Å²) in [4.78, 5) is 23.4. The van der Waals surface area contributed by atoms with Crippen molar-refractivity contribution in [2.45, 2.75) is 52.5 Å². The van der Waals surface area contributed by atoms with Gasteiger partial charge in [-0.2, -0.15) is 0 Å². The third-order valence-electron chi connectivity index (χ3n) is 2.67. The van der Waals surface area contributed by atoms with Crippen LogP contribution in [0.5, 0.6) is 0 Å². The lowest BCUT2D eigenvalue weighted by atomic mass is 9.86. The quantitative estimate of drug-likeness (QED) is 0.432. The van der Waals surface area contributed by atoms with Crippen LogP contribution in [0.3, 0.4) is 0 Å². The Hall–Kier alpha value is -1.32. The summed E-state index contributed by atoms with van der Waals surface area (Å²) in [6.45, 7) is 9.32. The monoisotopic (exact) mass is 255 g/mol. The first-order valence-electron chi connectivity index (χ1n) is 6.31. The fourth-order valence-electron chi connectivity index (χ4n) is 1.55. The molecule has 1 N–H and O–H groups in total. The number of carbonyl (C=O) groups is 2. The number of methoxy groups -OCH3 is 1.